The van der Waals surface area contributed by atoms with Crippen LogP contribution in [0.1, 0.15) is 0 Å². The molecule has 0 aliphatic heterocycles. The Hall–Kier alpha value is -2.24. The SMILES string of the molecule is COc1ccccc1NS(=O)(=O)c1cccc2cccc(Cl)c12. The molecule has 0 spiro atoms. The number of benzene rings is 3. The molecule has 0 amide bonds. The number of halogens is 1. The number of fused-ring (bicyclic) bond motifs is 1. The summed E-state index contributed by atoms with van der Waals surface area (Å²) in [6.07, 6.45) is 0. The van der Waals surface area contributed by atoms with Crippen LogP contribution in [0.25, 0.3) is 10.8 Å². The predicted molar refractivity (Wildman–Crippen MR) is 92.8 cm³/mol. The number of nitrogens with one attached hydrogen (secondary N) is 1. The van der Waals surface area contributed by atoms with Crippen LogP contribution in [0.3, 0.4) is 0 Å². The second-order valence-electron chi connectivity index (χ2n) is 4.90. The number of para-hydroxylation sites is 2. The van der Waals surface area contributed by atoms with E-state index >= 15 is 0 Å². The summed E-state index contributed by atoms with van der Waals surface area (Å²) in [6, 6.07) is 17.2. The van der Waals surface area contributed by atoms with E-state index in [2.05, 4.69) is 4.72 Å². The van der Waals surface area contributed by atoms with E-state index in [0.717, 1.165) is 5.39 Å². The molecule has 0 saturated carbocycles. The minimum absolute atomic E-state index is 0.131. The van der Waals surface area contributed by atoms with Crippen molar-refractivity contribution in [3.63, 3.8) is 0 Å². The summed E-state index contributed by atoms with van der Waals surface area (Å²) in [6.45, 7) is 0. The largest absolute Gasteiger partial charge is 0.495 e. The highest BCUT2D eigenvalue weighted by molar-refractivity contribution is 7.93. The zero-order chi connectivity index (χ0) is 16.4. The molecule has 3 rings (SSSR count). The van der Waals surface area contributed by atoms with Crippen molar-refractivity contribution in [2.24, 2.45) is 0 Å². The van der Waals surface area contributed by atoms with Gasteiger partial charge in [-0.25, -0.2) is 8.42 Å². The Morgan fingerprint density at radius 2 is 1.65 bits per heavy atom. The molecular weight excluding hydrogens is 334 g/mol. The van der Waals surface area contributed by atoms with Crippen LogP contribution >= 0.6 is 11.6 Å². The predicted octanol–water partition coefficient (Wildman–Crippen LogP) is 4.30. The van der Waals surface area contributed by atoms with Crippen LogP contribution in [0.4, 0.5) is 5.69 Å². The van der Waals surface area contributed by atoms with Crippen LogP contribution < -0.4 is 9.46 Å². The van der Waals surface area contributed by atoms with Crippen LogP contribution in [0.5, 0.6) is 5.75 Å². The van der Waals surface area contributed by atoms with Gasteiger partial charge in [0.05, 0.1) is 17.7 Å². The minimum Gasteiger partial charge on any atom is -0.495 e. The van der Waals surface area contributed by atoms with Crippen LogP contribution in [0.2, 0.25) is 5.02 Å². The Kier molecular flexibility index (Phi) is 4.15. The lowest BCUT2D eigenvalue weighted by molar-refractivity contribution is 0.417. The zero-order valence-electron chi connectivity index (χ0n) is 12.3. The van der Waals surface area contributed by atoms with Crippen LogP contribution in [0, 0.1) is 0 Å². The van der Waals surface area contributed by atoms with E-state index in [1.807, 2.05) is 12.1 Å². The summed E-state index contributed by atoms with van der Waals surface area (Å²) in [4.78, 5) is 0.131. The van der Waals surface area contributed by atoms with E-state index in [0.29, 0.717) is 21.8 Å². The Morgan fingerprint density at radius 3 is 2.39 bits per heavy atom. The minimum atomic E-state index is -3.81. The second kappa shape index (κ2) is 6.10. The molecule has 4 nitrogen and oxygen atoms in total. The van der Waals surface area contributed by atoms with Crippen LogP contribution in [0.15, 0.2) is 65.6 Å². The van der Waals surface area contributed by atoms with Gasteiger partial charge in [0.25, 0.3) is 10.0 Å². The van der Waals surface area contributed by atoms with Gasteiger partial charge in [-0.05, 0) is 29.7 Å². The zero-order valence-corrected chi connectivity index (χ0v) is 13.9. The van der Waals surface area contributed by atoms with E-state index in [-0.39, 0.29) is 4.90 Å². The monoisotopic (exact) mass is 347 g/mol. The number of hydrogen-bond donors (Lipinski definition) is 1. The van der Waals surface area contributed by atoms with Crippen molar-refractivity contribution in [1.29, 1.82) is 0 Å². The molecule has 23 heavy (non-hydrogen) atoms. The molecule has 1 N–H and O–H groups in total. The van der Waals surface area contributed by atoms with E-state index in [1.165, 1.54) is 13.2 Å². The van der Waals surface area contributed by atoms with Crippen molar-refractivity contribution < 1.29 is 13.2 Å². The van der Waals surface area contributed by atoms with E-state index < -0.39 is 10.0 Å². The summed E-state index contributed by atoms with van der Waals surface area (Å²) >= 11 is 6.21. The fraction of sp³-hybridized carbons (Fsp3) is 0.0588. The summed E-state index contributed by atoms with van der Waals surface area (Å²) in [5.74, 6) is 0.447. The first-order valence-electron chi connectivity index (χ1n) is 6.86. The molecule has 0 radical (unpaired) electrons. The highest BCUT2D eigenvalue weighted by Gasteiger charge is 2.20. The number of sulfonamides is 1. The first-order chi connectivity index (χ1) is 11.0. The van der Waals surface area contributed by atoms with Crippen molar-refractivity contribution >= 4 is 38.1 Å². The van der Waals surface area contributed by atoms with E-state index in [4.69, 9.17) is 16.3 Å². The topological polar surface area (TPSA) is 55.4 Å². The number of hydrogen-bond acceptors (Lipinski definition) is 3. The Balaban J connectivity index is 2.14. The lowest BCUT2D eigenvalue weighted by Crippen LogP contribution is -2.14. The number of methoxy groups -OCH3 is 1. The average molecular weight is 348 g/mol. The molecule has 0 fully saturated rings. The molecule has 118 valence electrons. The fourth-order valence-electron chi connectivity index (χ4n) is 2.41. The first kappa shape index (κ1) is 15.6. The van der Waals surface area contributed by atoms with Crippen molar-refractivity contribution in [3.05, 3.63) is 65.7 Å². The van der Waals surface area contributed by atoms with Gasteiger partial charge >= 0.3 is 0 Å². The van der Waals surface area contributed by atoms with Crippen molar-refractivity contribution in [2.45, 2.75) is 4.90 Å². The van der Waals surface area contributed by atoms with E-state index in [1.54, 1.807) is 42.5 Å². The molecule has 0 saturated heterocycles. The van der Waals surface area contributed by atoms with Gasteiger partial charge in [-0.1, -0.05) is 48.0 Å². The summed E-state index contributed by atoms with van der Waals surface area (Å²) < 4.78 is 33.4. The van der Waals surface area contributed by atoms with Crippen molar-refractivity contribution in [3.8, 4) is 5.75 Å². The maximum absolute atomic E-state index is 12.8. The molecule has 3 aromatic rings. The van der Waals surface area contributed by atoms with Gasteiger partial charge in [-0.2, -0.15) is 0 Å². The molecule has 0 unspecified atom stereocenters. The Labute approximate surface area is 139 Å². The molecular formula is C17H14ClNO3S. The lowest BCUT2D eigenvalue weighted by Gasteiger charge is -2.13. The quantitative estimate of drug-likeness (QED) is 0.765. The van der Waals surface area contributed by atoms with Gasteiger partial charge in [-0.15, -0.1) is 0 Å². The summed E-state index contributed by atoms with van der Waals surface area (Å²) in [5, 5.41) is 1.66. The van der Waals surface area contributed by atoms with Gasteiger partial charge in [0.1, 0.15) is 5.75 Å². The van der Waals surface area contributed by atoms with Gasteiger partial charge < -0.3 is 4.74 Å². The third kappa shape index (κ3) is 2.98. The normalized spacial score (nSPS) is 11.4. The van der Waals surface area contributed by atoms with Crippen molar-refractivity contribution in [1.82, 2.24) is 0 Å². The molecule has 0 aromatic heterocycles. The number of anilines is 1. The lowest BCUT2D eigenvalue weighted by atomic mass is 10.1. The smallest absolute Gasteiger partial charge is 0.262 e. The maximum atomic E-state index is 12.8. The number of rotatable bonds is 4. The third-order valence-electron chi connectivity index (χ3n) is 3.46. The third-order valence-corrected chi connectivity index (χ3v) is 5.18. The summed E-state index contributed by atoms with van der Waals surface area (Å²) in [7, 11) is -2.32. The maximum Gasteiger partial charge on any atom is 0.262 e. The second-order valence-corrected chi connectivity index (χ2v) is 6.96. The number of ether oxygens (including phenoxy) is 1. The highest BCUT2D eigenvalue weighted by atomic mass is 35.5. The molecule has 0 aliphatic rings. The average Bonchev–Trinajstić information content (AvgIpc) is 2.55. The van der Waals surface area contributed by atoms with Crippen LogP contribution in [-0.2, 0) is 10.0 Å². The standard InChI is InChI=1S/C17H14ClNO3S/c1-22-15-10-3-2-9-14(15)19-23(20,21)16-11-5-7-12-6-4-8-13(18)17(12)16/h2-11,19H,1H3. The highest BCUT2D eigenvalue weighted by Crippen LogP contribution is 2.32. The fourth-order valence-corrected chi connectivity index (χ4v) is 4.08. The van der Waals surface area contributed by atoms with Gasteiger partial charge in [-0.3, -0.25) is 4.72 Å². The molecule has 0 heterocycles. The molecule has 0 atom stereocenters. The Bertz CT molecular complexity index is 965. The molecule has 6 heteroatoms. The molecule has 0 bridgehead atoms. The molecule has 0 aliphatic carbocycles. The van der Waals surface area contributed by atoms with E-state index in [9.17, 15) is 8.42 Å². The first-order valence-corrected chi connectivity index (χ1v) is 8.72. The summed E-state index contributed by atoms with van der Waals surface area (Å²) in [5.41, 5.74) is 0.374. The Morgan fingerprint density at radius 1 is 0.957 bits per heavy atom. The molecule has 3 aromatic carbocycles. The van der Waals surface area contributed by atoms with Gasteiger partial charge in [0.2, 0.25) is 0 Å². The van der Waals surface area contributed by atoms with Gasteiger partial charge in [0, 0.05) is 10.4 Å². The van der Waals surface area contributed by atoms with Crippen molar-refractivity contribution in [2.75, 3.05) is 11.8 Å². The van der Waals surface area contributed by atoms with Gasteiger partial charge in [0.15, 0.2) is 0 Å². The van der Waals surface area contributed by atoms with Crippen LogP contribution in [-0.4, -0.2) is 15.5 Å².